The first-order valence-electron chi connectivity index (χ1n) is 10.7. The lowest BCUT2D eigenvalue weighted by atomic mass is 10.0. The third kappa shape index (κ3) is 5.67. The van der Waals surface area contributed by atoms with Crippen LogP contribution in [-0.4, -0.2) is 38.0 Å². The molecule has 0 spiro atoms. The summed E-state index contributed by atoms with van der Waals surface area (Å²) in [5, 5.41) is 3.29. The molecule has 2 aromatic carbocycles. The van der Waals surface area contributed by atoms with E-state index in [0.717, 1.165) is 28.3 Å². The van der Waals surface area contributed by atoms with Crippen LogP contribution in [0.1, 0.15) is 30.9 Å². The predicted octanol–water partition coefficient (Wildman–Crippen LogP) is 3.40. The van der Waals surface area contributed by atoms with Gasteiger partial charge in [0.05, 0.1) is 23.1 Å². The Hall–Kier alpha value is -3.46. The van der Waals surface area contributed by atoms with Gasteiger partial charge in [-0.3, -0.25) is 18.4 Å². The number of hydrogen-bond donors (Lipinski definition) is 1. The molecule has 0 saturated heterocycles. The molecule has 1 aromatic heterocycles. The van der Waals surface area contributed by atoms with Gasteiger partial charge in [0.1, 0.15) is 12.4 Å². The van der Waals surface area contributed by atoms with E-state index in [9.17, 15) is 13.8 Å². The Labute approximate surface area is 194 Å². The number of fused-ring (bicyclic) bond motifs is 1. The number of aromatic nitrogens is 2. The lowest BCUT2D eigenvalue weighted by Crippen LogP contribution is -2.18. The van der Waals surface area contributed by atoms with Gasteiger partial charge >= 0.3 is 5.97 Å². The second-order valence-corrected chi connectivity index (χ2v) is 9.07. The fourth-order valence-corrected chi connectivity index (χ4v) is 4.73. The summed E-state index contributed by atoms with van der Waals surface area (Å²) >= 11 is 0. The average molecular weight is 468 g/mol. The van der Waals surface area contributed by atoms with Gasteiger partial charge in [-0.15, -0.1) is 0 Å². The van der Waals surface area contributed by atoms with Gasteiger partial charge in [-0.1, -0.05) is 18.2 Å². The SMILES string of the molecule is CC(=O)OCc1ccccc1-n1ccnc1S(=O)CCCOc1ccc2c(c1)CCC(=O)N2. The van der Waals surface area contributed by atoms with Crippen molar-refractivity contribution >= 4 is 28.4 Å². The lowest BCUT2D eigenvalue weighted by molar-refractivity contribution is -0.142. The highest BCUT2D eigenvalue weighted by Gasteiger charge is 2.17. The van der Waals surface area contributed by atoms with Crippen LogP contribution >= 0.6 is 0 Å². The number of carbonyl (C=O) groups excluding carboxylic acids is 2. The second-order valence-electron chi connectivity index (χ2n) is 7.61. The average Bonchev–Trinajstić information content (AvgIpc) is 3.30. The highest BCUT2D eigenvalue weighted by atomic mass is 32.2. The molecule has 9 heteroatoms. The summed E-state index contributed by atoms with van der Waals surface area (Å²) < 4.78 is 25.7. The predicted molar refractivity (Wildman–Crippen MR) is 124 cm³/mol. The van der Waals surface area contributed by atoms with Gasteiger partial charge in [-0.25, -0.2) is 4.98 Å². The van der Waals surface area contributed by atoms with Crippen molar-refractivity contribution in [1.82, 2.24) is 9.55 Å². The Morgan fingerprint density at radius 2 is 2.06 bits per heavy atom. The molecule has 1 atom stereocenters. The van der Waals surface area contributed by atoms with Gasteiger partial charge in [-0.2, -0.15) is 0 Å². The third-order valence-electron chi connectivity index (χ3n) is 5.21. The third-order valence-corrected chi connectivity index (χ3v) is 6.58. The quantitative estimate of drug-likeness (QED) is 0.383. The highest BCUT2D eigenvalue weighted by molar-refractivity contribution is 7.84. The van der Waals surface area contributed by atoms with Crippen molar-refractivity contribution in [1.29, 1.82) is 0 Å². The van der Waals surface area contributed by atoms with E-state index in [4.69, 9.17) is 9.47 Å². The van der Waals surface area contributed by atoms with Crippen LogP contribution in [0.25, 0.3) is 5.69 Å². The summed E-state index contributed by atoms with van der Waals surface area (Å²) in [4.78, 5) is 27.0. The van der Waals surface area contributed by atoms with Crippen LogP contribution in [0.3, 0.4) is 0 Å². The van der Waals surface area contributed by atoms with E-state index < -0.39 is 10.8 Å². The number of imidazole rings is 1. The normalized spacial score (nSPS) is 13.7. The minimum Gasteiger partial charge on any atom is -0.494 e. The van der Waals surface area contributed by atoms with E-state index in [0.29, 0.717) is 36.8 Å². The van der Waals surface area contributed by atoms with Gasteiger partial charge in [0.15, 0.2) is 0 Å². The molecule has 1 aliphatic heterocycles. The number of carbonyl (C=O) groups is 2. The summed E-state index contributed by atoms with van der Waals surface area (Å²) in [5.41, 5.74) is 3.47. The smallest absolute Gasteiger partial charge is 0.302 e. The van der Waals surface area contributed by atoms with Crippen molar-refractivity contribution < 1.29 is 23.3 Å². The summed E-state index contributed by atoms with van der Waals surface area (Å²) in [6.07, 6.45) is 5.12. The van der Waals surface area contributed by atoms with E-state index in [1.54, 1.807) is 17.0 Å². The number of anilines is 1. The van der Waals surface area contributed by atoms with Crippen LogP contribution in [-0.2, 0) is 38.2 Å². The van der Waals surface area contributed by atoms with Crippen molar-refractivity contribution in [3.8, 4) is 11.4 Å². The van der Waals surface area contributed by atoms with Crippen LogP contribution in [0.2, 0.25) is 0 Å². The molecule has 33 heavy (non-hydrogen) atoms. The highest BCUT2D eigenvalue weighted by Crippen LogP contribution is 2.27. The number of esters is 1. The Bertz CT molecular complexity index is 1190. The zero-order valence-corrected chi connectivity index (χ0v) is 19.1. The standard InChI is InChI=1S/C24H25N3O5S/c1-17(28)32-16-19-5-2-3-6-22(19)27-12-11-25-24(27)33(30)14-4-13-31-20-8-9-21-18(15-20)7-10-23(29)26-21/h2-3,5-6,8-9,11-12,15H,4,7,10,13-14,16H2,1H3,(H,26,29). The topological polar surface area (TPSA) is 99.5 Å². The Balaban J connectivity index is 1.35. The summed E-state index contributed by atoms with van der Waals surface area (Å²) in [6, 6.07) is 13.1. The fourth-order valence-electron chi connectivity index (χ4n) is 3.61. The first-order chi connectivity index (χ1) is 16.0. The van der Waals surface area contributed by atoms with E-state index >= 15 is 0 Å². The molecule has 0 aliphatic carbocycles. The summed E-state index contributed by atoms with van der Waals surface area (Å²) in [7, 11) is -1.33. The molecule has 2 heterocycles. The number of benzene rings is 2. The fraction of sp³-hybridized carbons (Fsp3) is 0.292. The van der Waals surface area contributed by atoms with Crippen molar-refractivity contribution in [2.45, 2.75) is 37.9 Å². The minimum absolute atomic E-state index is 0.0333. The molecule has 0 saturated carbocycles. The van der Waals surface area contributed by atoms with Crippen LogP contribution in [0.5, 0.6) is 5.75 Å². The lowest BCUT2D eigenvalue weighted by Gasteiger charge is -2.17. The number of amides is 1. The first kappa shape index (κ1) is 22.7. The Morgan fingerprint density at radius 3 is 2.91 bits per heavy atom. The largest absolute Gasteiger partial charge is 0.494 e. The molecule has 3 aromatic rings. The van der Waals surface area contributed by atoms with Crippen molar-refractivity contribution in [2.75, 3.05) is 17.7 Å². The maximum Gasteiger partial charge on any atom is 0.302 e. The minimum atomic E-state index is -1.33. The number of nitrogens with zero attached hydrogens (tertiary/aromatic N) is 2. The number of ether oxygens (including phenoxy) is 2. The zero-order valence-electron chi connectivity index (χ0n) is 18.3. The molecular weight excluding hydrogens is 442 g/mol. The van der Waals surface area contributed by atoms with Crippen molar-refractivity contribution in [2.24, 2.45) is 0 Å². The van der Waals surface area contributed by atoms with Gasteiger partial charge in [0.25, 0.3) is 0 Å². The molecule has 4 rings (SSSR count). The monoisotopic (exact) mass is 467 g/mol. The molecule has 1 amide bonds. The summed E-state index contributed by atoms with van der Waals surface area (Å²) in [5.74, 6) is 0.801. The molecule has 1 unspecified atom stereocenters. The van der Waals surface area contributed by atoms with E-state index in [-0.39, 0.29) is 18.5 Å². The number of hydrogen-bond acceptors (Lipinski definition) is 6. The van der Waals surface area contributed by atoms with Crippen LogP contribution in [0, 0.1) is 0 Å². The van der Waals surface area contributed by atoms with E-state index in [1.165, 1.54) is 6.92 Å². The molecular formula is C24H25N3O5S. The van der Waals surface area contributed by atoms with Crippen molar-refractivity contribution in [3.63, 3.8) is 0 Å². The maximum atomic E-state index is 13.0. The number of aryl methyl sites for hydroxylation is 1. The van der Waals surface area contributed by atoms with Gasteiger partial charge in [-0.05, 0) is 42.7 Å². The Kier molecular flexibility index (Phi) is 7.19. The number of para-hydroxylation sites is 1. The van der Waals surface area contributed by atoms with Gasteiger partial charge in [0.2, 0.25) is 11.1 Å². The maximum absolute atomic E-state index is 13.0. The van der Waals surface area contributed by atoms with E-state index in [2.05, 4.69) is 10.3 Å². The van der Waals surface area contributed by atoms with Crippen LogP contribution in [0.15, 0.2) is 60.0 Å². The van der Waals surface area contributed by atoms with Crippen LogP contribution in [0.4, 0.5) is 5.69 Å². The molecule has 0 radical (unpaired) electrons. The number of nitrogens with one attached hydrogen (secondary N) is 1. The molecule has 0 bridgehead atoms. The Morgan fingerprint density at radius 1 is 1.21 bits per heavy atom. The second kappa shape index (κ2) is 10.4. The summed E-state index contributed by atoms with van der Waals surface area (Å²) in [6.45, 7) is 1.92. The van der Waals surface area contributed by atoms with Gasteiger partial charge < -0.3 is 14.8 Å². The molecule has 1 aliphatic rings. The molecule has 0 fully saturated rings. The zero-order chi connectivity index (χ0) is 23.2. The van der Waals surface area contributed by atoms with E-state index in [1.807, 2.05) is 42.5 Å². The molecule has 1 N–H and O–H groups in total. The van der Waals surface area contributed by atoms with Crippen molar-refractivity contribution in [3.05, 3.63) is 66.0 Å². The first-order valence-corrected chi connectivity index (χ1v) is 12.0. The molecule has 172 valence electrons. The van der Waals surface area contributed by atoms with Crippen LogP contribution < -0.4 is 10.1 Å². The number of rotatable bonds is 9. The van der Waals surface area contributed by atoms with Gasteiger partial charge in [0, 0.05) is 42.7 Å². The molecule has 8 nitrogen and oxygen atoms in total.